The van der Waals surface area contributed by atoms with Gasteiger partial charge >= 0.3 is 7.12 Å². The number of hydrogen-bond donors (Lipinski definition) is 0. The van der Waals surface area contributed by atoms with Gasteiger partial charge in [-0.1, -0.05) is 25.7 Å². The Morgan fingerprint density at radius 3 is 2.33 bits per heavy atom. The molecule has 0 N–H and O–H groups in total. The minimum atomic E-state index is 0.127. The molecule has 0 spiro atoms. The molecule has 2 rings (SSSR count). The van der Waals surface area contributed by atoms with Crippen LogP contribution >= 0.6 is 0 Å². The third kappa shape index (κ3) is 2.24. The fraction of sp³-hybridized carbons (Fsp3) is 1.00. The highest BCUT2D eigenvalue weighted by Crippen LogP contribution is 2.29. The zero-order chi connectivity index (χ0) is 8.23. The van der Waals surface area contributed by atoms with Crippen molar-refractivity contribution in [3.8, 4) is 0 Å². The molecule has 2 fully saturated rings. The molecular weight excluding hydrogens is 151 g/mol. The molecule has 68 valence electrons. The molecule has 0 aromatic heterocycles. The van der Waals surface area contributed by atoms with Crippen LogP contribution in [0.1, 0.15) is 32.1 Å². The Morgan fingerprint density at radius 1 is 1.00 bits per heavy atom. The quantitative estimate of drug-likeness (QED) is 0.587. The molecule has 0 aromatic carbocycles. The van der Waals surface area contributed by atoms with E-state index in [1.165, 1.54) is 25.7 Å². The van der Waals surface area contributed by atoms with Crippen LogP contribution in [0.4, 0.5) is 0 Å². The summed E-state index contributed by atoms with van der Waals surface area (Å²) in [6.07, 6.45) is 7.82. The second kappa shape index (κ2) is 4.29. The first-order valence-corrected chi connectivity index (χ1v) is 5.18. The van der Waals surface area contributed by atoms with E-state index in [4.69, 9.17) is 9.31 Å². The lowest BCUT2D eigenvalue weighted by Gasteiger charge is -2.21. The van der Waals surface area contributed by atoms with E-state index >= 15 is 0 Å². The highest BCUT2D eigenvalue weighted by atomic mass is 16.6. The van der Waals surface area contributed by atoms with Crippen LogP contribution in [0.5, 0.6) is 0 Å². The molecule has 0 aromatic rings. The molecule has 0 radical (unpaired) electrons. The number of hydrogen-bond acceptors (Lipinski definition) is 2. The summed E-state index contributed by atoms with van der Waals surface area (Å²) in [7, 11) is 0.127. The fourth-order valence-corrected chi connectivity index (χ4v) is 2.19. The van der Waals surface area contributed by atoms with Crippen molar-refractivity contribution in [2.75, 3.05) is 13.2 Å². The summed E-state index contributed by atoms with van der Waals surface area (Å²) in [5, 5.41) is 0. The van der Waals surface area contributed by atoms with Gasteiger partial charge < -0.3 is 9.31 Å². The van der Waals surface area contributed by atoms with Gasteiger partial charge in [0, 0.05) is 13.2 Å². The van der Waals surface area contributed by atoms with E-state index in [0.29, 0.717) is 0 Å². The van der Waals surface area contributed by atoms with Crippen LogP contribution < -0.4 is 0 Å². The maximum atomic E-state index is 5.52. The minimum absolute atomic E-state index is 0.127. The molecular formula is C9H17BO2. The Bertz CT molecular complexity index is 128. The highest BCUT2D eigenvalue weighted by Gasteiger charge is 2.27. The second-order valence-corrected chi connectivity index (χ2v) is 3.91. The van der Waals surface area contributed by atoms with Gasteiger partial charge in [-0.15, -0.1) is 0 Å². The van der Waals surface area contributed by atoms with Gasteiger partial charge in [-0.05, 0) is 18.7 Å². The molecule has 2 nitrogen and oxygen atoms in total. The van der Waals surface area contributed by atoms with Gasteiger partial charge in [0.2, 0.25) is 0 Å². The standard InChI is InChI=1S/C9H17BO2/c1-2-5-9(4-1)8-10-11-6-3-7-12-10/h9H,1-8H2. The molecule has 0 bridgehead atoms. The van der Waals surface area contributed by atoms with Gasteiger partial charge in [0.05, 0.1) is 0 Å². The number of rotatable bonds is 2. The van der Waals surface area contributed by atoms with Crippen LogP contribution in [0.3, 0.4) is 0 Å². The Labute approximate surface area is 74.8 Å². The molecule has 0 atom stereocenters. The van der Waals surface area contributed by atoms with E-state index in [-0.39, 0.29) is 7.12 Å². The van der Waals surface area contributed by atoms with Crippen molar-refractivity contribution in [1.82, 2.24) is 0 Å². The maximum Gasteiger partial charge on any atom is 0.457 e. The van der Waals surface area contributed by atoms with Crippen LogP contribution in [0.15, 0.2) is 0 Å². The summed E-state index contributed by atoms with van der Waals surface area (Å²) in [4.78, 5) is 0. The summed E-state index contributed by atoms with van der Waals surface area (Å²) in [5.74, 6) is 0.882. The Hall–Kier alpha value is -0.0151. The van der Waals surface area contributed by atoms with Crippen LogP contribution in [0, 0.1) is 5.92 Å². The monoisotopic (exact) mass is 168 g/mol. The lowest BCUT2D eigenvalue weighted by Crippen LogP contribution is -2.31. The third-order valence-corrected chi connectivity index (χ3v) is 2.90. The topological polar surface area (TPSA) is 18.5 Å². The summed E-state index contributed by atoms with van der Waals surface area (Å²) < 4.78 is 11.0. The van der Waals surface area contributed by atoms with E-state index in [2.05, 4.69) is 0 Å². The Morgan fingerprint density at radius 2 is 1.67 bits per heavy atom. The molecule has 1 saturated carbocycles. The first-order valence-electron chi connectivity index (χ1n) is 5.18. The highest BCUT2D eigenvalue weighted by molar-refractivity contribution is 6.44. The van der Waals surface area contributed by atoms with Gasteiger partial charge in [-0.25, -0.2) is 0 Å². The molecule has 2 aliphatic rings. The fourth-order valence-electron chi connectivity index (χ4n) is 2.19. The van der Waals surface area contributed by atoms with E-state index in [1.54, 1.807) is 0 Å². The first-order chi connectivity index (χ1) is 5.95. The van der Waals surface area contributed by atoms with Crippen molar-refractivity contribution in [2.45, 2.75) is 38.4 Å². The van der Waals surface area contributed by atoms with Gasteiger partial charge in [0.25, 0.3) is 0 Å². The molecule has 1 aliphatic heterocycles. The first kappa shape index (κ1) is 8.58. The average Bonchev–Trinajstić information content (AvgIpc) is 2.59. The lowest BCUT2D eigenvalue weighted by atomic mass is 9.76. The maximum absolute atomic E-state index is 5.52. The van der Waals surface area contributed by atoms with E-state index in [1.807, 2.05) is 0 Å². The molecule has 1 saturated heterocycles. The Balaban J connectivity index is 1.69. The van der Waals surface area contributed by atoms with Crippen molar-refractivity contribution in [3.63, 3.8) is 0 Å². The average molecular weight is 168 g/mol. The molecule has 1 heterocycles. The van der Waals surface area contributed by atoms with Crippen LogP contribution in [0.2, 0.25) is 6.32 Å². The van der Waals surface area contributed by atoms with Crippen LogP contribution in [-0.2, 0) is 9.31 Å². The van der Waals surface area contributed by atoms with Crippen LogP contribution in [0.25, 0.3) is 0 Å². The van der Waals surface area contributed by atoms with E-state index in [0.717, 1.165) is 31.9 Å². The predicted octanol–water partition coefficient (Wildman–Crippen LogP) is 2.10. The van der Waals surface area contributed by atoms with Crippen molar-refractivity contribution in [1.29, 1.82) is 0 Å². The van der Waals surface area contributed by atoms with E-state index < -0.39 is 0 Å². The summed E-state index contributed by atoms with van der Waals surface area (Å²) >= 11 is 0. The van der Waals surface area contributed by atoms with Gasteiger partial charge in [0.15, 0.2) is 0 Å². The van der Waals surface area contributed by atoms with Crippen molar-refractivity contribution >= 4 is 7.12 Å². The second-order valence-electron chi connectivity index (χ2n) is 3.91. The minimum Gasteiger partial charge on any atom is -0.411 e. The lowest BCUT2D eigenvalue weighted by molar-refractivity contribution is 0.130. The van der Waals surface area contributed by atoms with E-state index in [9.17, 15) is 0 Å². The normalized spacial score (nSPS) is 26.5. The summed E-state index contributed by atoms with van der Waals surface area (Å²) in [6.45, 7) is 1.80. The third-order valence-electron chi connectivity index (χ3n) is 2.90. The molecule has 3 heteroatoms. The summed E-state index contributed by atoms with van der Waals surface area (Å²) in [6, 6.07) is 0. The van der Waals surface area contributed by atoms with Crippen molar-refractivity contribution in [2.24, 2.45) is 5.92 Å². The zero-order valence-electron chi connectivity index (χ0n) is 7.63. The molecule has 0 amide bonds. The SMILES string of the molecule is C1COB(CC2CCCC2)OC1. The van der Waals surface area contributed by atoms with Gasteiger partial charge in [-0.3, -0.25) is 0 Å². The molecule has 1 aliphatic carbocycles. The molecule has 0 unspecified atom stereocenters. The largest absolute Gasteiger partial charge is 0.457 e. The Kier molecular flexibility index (Phi) is 3.06. The summed E-state index contributed by atoms with van der Waals surface area (Å²) in [5.41, 5.74) is 0. The van der Waals surface area contributed by atoms with Crippen LogP contribution in [-0.4, -0.2) is 20.3 Å². The van der Waals surface area contributed by atoms with Crippen molar-refractivity contribution in [3.05, 3.63) is 0 Å². The molecule has 12 heavy (non-hydrogen) atoms. The predicted molar refractivity (Wildman–Crippen MR) is 49.0 cm³/mol. The van der Waals surface area contributed by atoms with Gasteiger partial charge in [-0.2, -0.15) is 0 Å². The smallest absolute Gasteiger partial charge is 0.411 e. The van der Waals surface area contributed by atoms with Crippen molar-refractivity contribution < 1.29 is 9.31 Å². The van der Waals surface area contributed by atoms with Gasteiger partial charge in [0.1, 0.15) is 0 Å². The zero-order valence-corrected chi connectivity index (χ0v) is 7.63.